The predicted octanol–water partition coefficient (Wildman–Crippen LogP) is -2.92. The van der Waals surface area contributed by atoms with Crippen LogP contribution in [0.1, 0.15) is 37.8 Å². The maximum atomic E-state index is 12.0. The third-order valence-electron chi connectivity index (χ3n) is 3.49. The first kappa shape index (κ1) is 19.9. The van der Waals surface area contributed by atoms with Crippen LogP contribution in [0.3, 0.4) is 0 Å². The largest absolute Gasteiger partial charge is 1.00 e. The van der Waals surface area contributed by atoms with Crippen LogP contribution in [0.4, 0.5) is 5.13 Å². The van der Waals surface area contributed by atoms with Crippen molar-refractivity contribution in [1.29, 1.82) is 0 Å². The number of carbonyl (C=O) groups excluding carboxylic acids is 2. The summed E-state index contributed by atoms with van der Waals surface area (Å²) >= 11 is 1.07. The van der Waals surface area contributed by atoms with Gasteiger partial charge in [-0.1, -0.05) is 11.6 Å². The molecular formula is C13H16N3NaO5S. The number of carboxylic acids is 1. The fourth-order valence-electron chi connectivity index (χ4n) is 2.36. The van der Waals surface area contributed by atoms with Crippen LogP contribution in [0.25, 0.3) is 0 Å². The summed E-state index contributed by atoms with van der Waals surface area (Å²) < 4.78 is 4.77. The molecule has 2 N–H and O–H groups in total. The number of esters is 1. The van der Waals surface area contributed by atoms with Crippen LogP contribution < -0.4 is 40.4 Å². The van der Waals surface area contributed by atoms with E-state index < -0.39 is 23.3 Å². The zero-order chi connectivity index (χ0) is 16.2. The molecule has 0 aliphatic heterocycles. The summed E-state index contributed by atoms with van der Waals surface area (Å²) in [6.45, 7) is 0. The predicted molar refractivity (Wildman–Crippen MR) is 77.0 cm³/mol. The summed E-state index contributed by atoms with van der Waals surface area (Å²) in [6.07, 6.45) is 3.36. The van der Waals surface area contributed by atoms with Crippen molar-refractivity contribution < 1.29 is 53.8 Å². The Bertz CT molecular complexity index is 598. The standard InChI is InChI=1S/C13H17N3O5S.Na/c1-20-11(19)13(5-3-2-4-6-13)21-16-9(10(17)18)8-7-22-12(14)15-8;/h7H,2-6H2,1H3,(H2,14,15)(H,17,18);/q;+1/p-1. The van der Waals surface area contributed by atoms with Crippen molar-refractivity contribution in [3.63, 3.8) is 0 Å². The number of carboxylic acid groups (broad SMARTS) is 1. The molecule has 23 heavy (non-hydrogen) atoms. The molecule has 0 aromatic carbocycles. The molecule has 0 amide bonds. The van der Waals surface area contributed by atoms with Crippen LogP contribution in [0, 0.1) is 0 Å². The topological polar surface area (TPSA) is 127 Å². The zero-order valence-corrected chi connectivity index (χ0v) is 15.9. The van der Waals surface area contributed by atoms with Gasteiger partial charge < -0.3 is 25.2 Å². The minimum Gasteiger partial charge on any atom is -0.543 e. The molecule has 2 rings (SSSR count). The molecular weight excluding hydrogens is 333 g/mol. The first-order valence-electron chi connectivity index (χ1n) is 6.76. The number of methoxy groups -OCH3 is 1. The van der Waals surface area contributed by atoms with Gasteiger partial charge in [0, 0.05) is 18.2 Å². The molecule has 1 saturated carbocycles. The van der Waals surface area contributed by atoms with Gasteiger partial charge in [-0.15, -0.1) is 11.3 Å². The molecule has 1 heterocycles. The van der Waals surface area contributed by atoms with Gasteiger partial charge in [0.05, 0.1) is 13.1 Å². The first-order chi connectivity index (χ1) is 10.5. The third kappa shape index (κ3) is 4.66. The summed E-state index contributed by atoms with van der Waals surface area (Å²) in [5.41, 5.74) is 3.76. The fraction of sp³-hybridized carbons (Fsp3) is 0.538. The number of carbonyl (C=O) groups is 2. The van der Waals surface area contributed by atoms with E-state index in [1.54, 1.807) is 0 Å². The third-order valence-corrected chi connectivity index (χ3v) is 4.16. The van der Waals surface area contributed by atoms with Gasteiger partial charge in [0.15, 0.2) is 10.8 Å². The average molecular weight is 349 g/mol. The number of anilines is 1. The summed E-state index contributed by atoms with van der Waals surface area (Å²) in [5.74, 6) is -2.12. The number of nitrogen functional groups attached to an aromatic ring is 1. The normalized spacial score (nSPS) is 17.0. The fourth-order valence-corrected chi connectivity index (χ4v) is 2.91. The van der Waals surface area contributed by atoms with E-state index in [9.17, 15) is 14.7 Å². The van der Waals surface area contributed by atoms with Gasteiger partial charge in [0.25, 0.3) is 0 Å². The molecule has 1 aromatic rings. The minimum absolute atomic E-state index is 0. The molecule has 1 aromatic heterocycles. The minimum atomic E-state index is -1.55. The number of hydrogen-bond donors (Lipinski definition) is 1. The Labute approximate surface area is 159 Å². The molecule has 1 fully saturated rings. The van der Waals surface area contributed by atoms with E-state index in [1.807, 2.05) is 0 Å². The van der Waals surface area contributed by atoms with E-state index in [0.717, 1.165) is 30.6 Å². The van der Waals surface area contributed by atoms with Crippen LogP contribution in [0.15, 0.2) is 10.5 Å². The molecule has 1 aliphatic rings. The van der Waals surface area contributed by atoms with Crippen molar-refractivity contribution in [3.8, 4) is 0 Å². The Morgan fingerprint density at radius 2 is 2.04 bits per heavy atom. The Morgan fingerprint density at radius 1 is 1.39 bits per heavy atom. The van der Waals surface area contributed by atoms with Crippen molar-refractivity contribution in [2.75, 3.05) is 12.8 Å². The average Bonchev–Trinajstić information content (AvgIpc) is 2.93. The smallest absolute Gasteiger partial charge is 0.543 e. The van der Waals surface area contributed by atoms with E-state index in [0.29, 0.717) is 12.8 Å². The Kier molecular flexibility index (Phi) is 7.46. The summed E-state index contributed by atoms with van der Waals surface area (Å²) in [5, 5.41) is 16.5. The van der Waals surface area contributed by atoms with E-state index in [2.05, 4.69) is 10.1 Å². The van der Waals surface area contributed by atoms with Crippen molar-refractivity contribution >= 4 is 34.1 Å². The molecule has 10 heteroatoms. The second-order valence-electron chi connectivity index (χ2n) is 4.94. The van der Waals surface area contributed by atoms with Crippen molar-refractivity contribution in [1.82, 2.24) is 4.98 Å². The van der Waals surface area contributed by atoms with E-state index in [-0.39, 0.29) is 40.4 Å². The van der Waals surface area contributed by atoms with Gasteiger partial charge in [0.1, 0.15) is 5.69 Å². The van der Waals surface area contributed by atoms with Gasteiger partial charge in [-0.3, -0.25) is 0 Å². The van der Waals surface area contributed by atoms with Crippen molar-refractivity contribution in [3.05, 3.63) is 11.1 Å². The van der Waals surface area contributed by atoms with E-state index >= 15 is 0 Å². The number of oxime groups is 1. The van der Waals surface area contributed by atoms with Crippen LogP contribution in [-0.2, 0) is 19.2 Å². The molecule has 0 bridgehead atoms. The van der Waals surface area contributed by atoms with Crippen LogP contribution in [0.5, 0.6) is 0 Å². The first-order valence-corrected chi connectivity index (χ1v) is 7.64. The number of nitrogens with zero attached hydrogens (tertiary/aromatic N) is 2. The summed E-state index contributed by atoms with van der Waals surface area (Å²) in [6, 6.07) is 0. The van der Waals surface area contributed by atoms with Gasteiger partial charge in [-0.25, -0.2) is 9.78 Å². The number of aliphatic carboxylic acids is 1. The van der Waals surface area contributed by atoms with Gasteiger partial charge >= 0.3 is 35.5 Å². The molecule has 8 nitrogen and oxygen atoms in total. The molecule has 0 spiro atoms. The number of rotatable bonds is 5. The van der Waals surface area contributed by atoms with Gasteiger partial charge in [-0.05, 0) is 12.8 Å². The molecule has 0 radical (unpaired) electrons. The number of thiazole rings is 1. The molecule has 120 valence electrons. The molecule has 1 aliphatic carbocycles. The summed E-state index contributed by atoms with van der Waals surface area (Å²) in [7, 11) is 1.26. The van der Waals surface area contributed by atoms with E-state index in [4.69, 9.17) is 15.3 Å². The van der Waals surface area contributed by atoms with Crippen molar-refractivity contribution in [2.45, 2.75) is 37.7 Å². The molecule has 0 unspecified atom stereocenters. The Hall–Kier alpha value is -1.16. The van der Waals surface area contributed by atoms with E-state index in [1.165, 1.54) is 12.5 Å². The van der Waals surface area contributed by atoms with Crippen LogP contribution >= 0.6 is 11.3 Å². The maximum Gasteiger partial charge on any atom is 1.00 e. The second-order valence-corrected chi connectivity index (χ2v) is 5.83. The Balaban J connectivity index is 0.00000264. The van der Waals surface area contributed by atoms with Crippen LogP contribution in [0.2, 0.25) is 0 Å². The van der Waals surface area contributed by atoms with Gasteiger partial charge in [0.2, 0.25) is 5.60 Å². The molecule has 0 saturated heterocycles. The monoisotopic (exact) mass is 349 g/mol. The van der Waals surface area contributed by atoms with Gasteiger partial charge in [-0.2, -0.15) is 0 Å². The van der Waals surface area contributed by atoms with Crippen LogP contribution in [-0.4, -0.2) is 35.3 Å². The maximum absolute atomic E-state index is 12.0. The SMILES string of the molecule is COC(=O)C1(ON=C(C(=O)[O-])c2csc(N)n2)CCCCC1.[Na+]. The zero-order valence-electron chi connectivity index (χ0n) is 13.0. The number of hydrogen-bond acceptors (Lipinski definition) is 9. The second kappa shape index (κ2) is 8.62. The number of aromatic nitrogens is 1. The summed E-state index contributed by atoms with van der Waals surface area (Å²) in [4.78, 5) is 32.4. The Morgan fingerprint density at radius 3 is 2.52 bits per heavy atom. The molecule has 0 atom stereocenters. The number of nitrogens with two attached hydrogens (primary N) is 1. The quantitative estimate of drug-likeness (QED) is 0.261. The van der Waals surface area contributed by atoms with Crippen molar-refractivity contribution in [2.24, 2.45) is 5.16 Å². The number of ether oxygens (including phenoxy) is 1.